The van der Waals surface area contributed by atoms with Crippen LogP contribution in [0.4, 0.5) is 37.7 Å². The molecule has 364 valence electrons. The van der Waals surface area contributed by atoms with Gasteiger partial charge in [-0.25, -0.2) is 9.59 Å². The van der Waals surface area contributed by atoms with E-state index in [1.165, 1.54) is 127 Å². The summed E-state index contributed by atoms with van der Waals surface area (Å²) in [5, 5.41) is 22.7. The second-order valence-electron chi connectivity index (χ2n) is 15.7. The average molecular weight is 963 g/mol. The summed E-state index contributed by atoms with van der Waals surface area (Å²) in [4.78, 5) is 52.4. The summed E-state index contributed by atoms with van der Waals surface area (Å²) in [5.74, 6) is -6.80. The van der Waals surface area contributed by atoms with Gasteiger partial charge in [0, 0.05) is 30.6 Å². The van der Waals surface area contributed by atoms with Crippen LogP contribution >= 0.6 is 0 Å². The van der Waals surface area contributed by atoms with Crippen LogP contribution in [0.25, 0.3) is 12.2 Å². The van der Waals surface area contributed by atoms with Gasteiger partial charge in [0.1, 0.15) is 23.0 Å². The van der Waals surface area contributed by atoms with Gasteiger partial charge >= 0.3 is 24.3 Å². The quantitative estimate of drug-likeness (QED) is 0.00921. The summed E-state index contributed by atoms with van der Waals surface area (Å²) in [6.07, 6.45) is -5.75. The van der Waals surface area contributed by atoms with Gasteiger partial charge in [0.25, 0.3) is 0 Å². The van der Waals surface area contributed by atoms with Crippen molar-refractivity contribution in [2.45, 2.75) is 69.0 Å². The second kappa shape index (κ2) is 24.0. The topological polar surface area (TPSA) is 198 Å². The molecule has 1 atom stereocenters. The third-order valence-corrected chi connectivity index (χ3v) is 10.2. The normalized spacial score (nSPS) is 12.5. The van der Waals surface area contributed by atoms with Gasteiger partial charge in [-0.1, -0.05) is 42.5 Å². The zero-order chi connectivity index (χ0) is 50.2. The first-order valence-electron chi connectivity index (χ1n) is 21.4. The summed E-state index contributed by atoms with van der Waals surface area (Å²) >= 11 is 0. The van der Waals surface area contributed by atoms with E-state index in [0.29, 0.717) is 22.6 Å². The highest BCUT2D eigenvalue weighted by Crippen LogP contribution is 2.36. The van der Waals surface area contributed by atoms with Crippen LogP contribution in [-0.4, -0.2) is 65.1 Å². The Labute approximate surface area is 392 Å². The molecule has 0 aliphatic carbocycles. The zero-order valence-corrected chi connectivity index (χ0v) is 36.8. The molecule has 12 nitrogen and oxygen atoms in total. The Morgan fingerprint density at radius 1 is 0.551 bits per heavy atom. The van der Waals surface area contributed by atoms with Crippen molar-refractivity contribution in [2.75, 3.05) is 24.7 Å². The smallest absolute Gasteiger partial charge is 0.389 e. The van der Waals surface area contributed by atoms with E-state index in [-0.39, 0.29) is 78.5 Å². The minimum absolute atomic E-state index is 0.00355. The molecule has 69 heavy (non-hydrogen) atoms. The van der Waals surface area contributed by atoms with Gasteiger partial charge < -0.3 is 40.6 Å². The number of nitrogen functional groups attached to an aromatic ring is 2. The van der Waals surface area contributed by atoms with Crippen LogP contribution in [0.2, 0.25) is 0 Å². The van der Waals surface area contributed by atoms with Crippen molar-refractivity contribution in [3.8, 4) is 23.0 Å². The number of alkyl halides is 6. The van der Waals surface area contributed by atoms with Crippen LogP contribution < -0.4 is 30.4 Å². The number of rotatable bonds is 23. The van der Waals surface area contributed by atoms with Gasteiger partial charge in [-0.05, 0) is 139 Å². The highest BCUT2D eigenvalue weighted by molar-refractivity contribution is 6.01. The summed E-state index contributed by atoms with van der Waals surface area (Å²) in [6, 6.07) is 27.8. The third-order valence-electron chi connectivity index (χ3n) is 10.2. The van der Waals surface area contributed by atoms with Gasteiger partial charge in [-0.3, -0.25) is 9.59 Å². The number of carbonyl (C=O) groups excluding carboxylic acids is 4. The average Bonchev–Trinajstić information content (AvgIpc) is 3.30. The maximum atomic E-state index is 13.4. The molecule has 0 bridgehead atoms. The molecule has 0 saturated carbocycles. The number of nitrogens with two attached hydrogens (primary N) is 2. The maximum absolute atomic E-state index is 13.4. The summed E-state index contributed by atoms with van der Waals surface area (Å²) in [5.41, 5.74) is 13.5. The van der Waals surface area contributed by atoms with Crippen molar-refractivity contribution < 1.29 is 74.7 Å². The number of hydrogen-bond donors (Lipinski definition) is 4. The molecule has 0 amide bonds. The van der Waals surface area contributed by atoms with E-state index in [0.717, 1.165) is 12.2 Å². The van der Waals surface area contributed by atoms with Crippen molar-refractivity contribution in [1.29, 1.82) is 0 Å². The van der Waals surface area contributed by atoms with Gasteiger partial charge in [0.05, 0.1) is 30.3 Å². The molecule has 0 heterocycles. The number of unbranched alkanes of at least 4 members (excludes halogenated alkanes) is 2. The van der Waals surface area contributed by atoms with Crippen molar-refractivity contribution >= 4 is 47.0 Å². The minimum atomic E-state index is -4.22. The molecular formula is C51H48F6N2O10. The molecule has 0 aliphatic rings. The van der Waals surface area contributed by atoms with E-state index >= 15 is 0 Å². The lowest BCUT2D eigenvalue weighted by molar-refractivity contribution is -0.187. The summed E-state index contributed by atoms with van der Waals surface area (Å²) in [6.45, 7) is 0.179. The Bertz CT molecular complexity index is 2580. The second-order valence-corrected chi connectivity index (χ2v) is 15.7. The van der Waals surface area contributed by atoms with Crippen molar-refractivity contribution in [3.05, 3.63) is 155 Å². The first-order chi connectivity index (χ1) is 32.6. The largest absolute Gasteiger partial charge is 0.494 e. The lowest BCUT2D eigenvalue weighted by Crippen LogP contribution is -2.44. The molecular weight excluding hydrogens is 915 g/mol. The van der Waals surface area contributed by atoms with Gasteiger partial charge in [0.15, 0.2) is 5.78 Å². The number of benzene rings is 5. The summed E-state index contributed by atoms with van der Waals surface area (Å²) in [7, 11) is 0. The molecule has 0 aliphatic heterocycles. The monoisotopic (exact) mass is 962 g/mol. The Kier molecular flexibility index (Phi) is 18.3. The number of hydrogen-bond acceptors (Lipinski definition) is 12. The maximum Gasteiger partial charge on any atom is 0.389 e. The van der Waals surface area contributed by atoms with Crippen LogP contribution in [0, 0.1) is 0 Å². The van der Waals surface area contributed by atoms with Crippen molar-refractivity contribution in [2.24, 2.45) is 0 Å². The Balaban J connectivity index is 1.15. The zero-order valence-electron chi connectivity index (χ0n) is 36.8. The number of carbonyl (C=O) groups is 4. The number of esters is 2. The SMILES string of the molecule is Nc1ccc(C(CC(=O)C=Cc2ccc(C(=O)Oc3ccc(OCCCCC(F)(F)F)cc3)cc2)C(O)(O)C(=O)C=Cc2ccc(C(=O)Oc3ccc(OCCCCC(F)(F)F)cc3)cc2)c(N)c1. The van der Waals surface area contributed by atoms with Crippen LogP contribution in [0.1, 0.15) is 88.3 Å². The number of anilines is 2. The van der Waals surface area contributed by atoms with E-state index in [1.807, 2.05) is 0 Å². The molecule has 0 radical (unpaired) electrons. The van der Waals surface area contributed by atoms with Crippen molar-refractivity contribution in [1.82, 2.24) is 0 Å². The third kappa shape index (κ3) is 17.3. The van der Waals surface area contributed by atoms with Gasteiger partial charge in [-0.2, -0.15) is 26.3 Å². The Morgan fingerprint density at radius 2 is 0.971 bits per heavy atom. The molecule has 18 heteroatoms. The molecule has 5 aromatic rings. The Morgan fingerprint density at radius 3 is 1.39 bits per heavy atom. The molecule has 1 unspecified atom stereocenters. The number of halogens is 6. The standard InChI is InChI=1S/C51H48F6N2O10/c52-49(53,54)27-1-3-29-66-39-17-21-41(22-18-39)68-47(62)35-11-5-33(6-12-35)9-16-38(60)32-44(43-25-15-37(58)31-45(43)59)51(64,65)46(61)26-10-34-7-13-36(14-8-34)48(63)69-42-23-19-40(20-24-42)67-30-4-2-28-50(55,56)57/h5-26,31,44,64-65H,1-4,27-30,32,58-59H2. The van der Waals surface area contributed by atoms with E-state index in [2.05, 4.69) is 0 Å². The molecule has 0 aromatic heterocycles. The van der Waals surface area contributed by atoms with Crippen LogP contribution in [0.5, 0.6) is 23.0 Å². The number of ketones is 2. The molecule has 0 fully saturated rings. The molecule has 0 saturated heterocycles. The lowest BCUT2D eigenvalue weighted by Gasteiger charge is -2.30. The lowest BCUT2D eigenvalue weighted by atomic mass is 9.82. The highest BCUT2D eigenvalue weighted by Gasteiger charge is 2.43. The van der Waals surface area contributed by atoms with E-state index in [9.17, 15) is 55.7 Å². The number of allylic oxidation sites excluding steroid dienone is 1. The highest BCUT2D eigenvalue weighted by atomic mass is 19.4. The number of ether oxygens (including phenoxy) is 4. The molecule has 5 aromatic carbocycles. The van der Waals surface area contributed by atoms with E-state index in [4.69, 9.17) is 30.4 Å². The first kappa shape index (κ1) is 52.5. The van der Waals surface area contributed by atoms with Crippen molar-refractivity contribution in [3.63, 3.8) is 0 Å². The van der Waals surface area contributed by atoms with Gasteiger partial charge in [-0.15, -0.1) is 0 Å². The minimum Gasteiger partial charge on any atom is -0.494 e. The fourth-order valence-electron chi connectivity index (χ4n) is 6.54. The fraction of sp³-hybridized carbons (Fsp3) is 0.255. The number of aliphatic hydroxyl groups is 2. The molecule has 0 spiro atoms. The fourth-order valence-corrected chi connectivity index (χ4v) is 6.54. The van der Waals surface area contributed by atoms with Gasteiger partial charge in [0.2, 0.25) is 11.6 Å². The van der Waals surface area contributed by atoms with Crippen LogP contribution in [-0.2, 0) is 9.59 Å². The van der Waals surface area contributed by atoms with Crippen LogP contribution in [0.15, 0.2) is 127 Å². The predicted octanol–water partition coefficient (Wildman–Crippen LogP) is 10.2. The molecule has 6 N–H and O–H groups in total. The Hall–Kier alpha value is -7.44. The predicted molar refractivity (Wildman–Crippen MR) is 244 cm³/mol. The molecule has 5 rings (SSSR count). The first-order valence-corrected chi connectivity index (χ1v) is 21.4. The summed E-state index contributed by atoms with van der Waals surface area (Å²) < 4.78 is 95.6. The van der Waals surface area contributed by atoms with Crippen LogP contribution in [0.3, 0.4) is 0 Å². The van der Waals surface area contributed by atoms with E-state index in [1.54, 1.807) is 0 Å². The van der Waals surface area contributed by atoms with E-state index < -0.39 is 66.8 Å².